The van der Waals surface area contributed by atoms with Gasteiger partial charge in [-0.2, -0.15) is 0 Å². The van der Waals surface area contributed by atoms with E-state index in [1.54, 1.807) is 11.3 Å². The second-order valence-corrected chi connectivity index (χ2v) is 4.30. The lowest BCUT2D eigenvalue weighted by atomic mass is 10.3. The number of aryl methyl sites for hydroxylation is 1. The Morgan fingerprint density at radius 3 is 2.80 bits per heavy atom. The molecule has 0 saturated heterocycles. The van der Waals surface area contributed by atoms with Crippen molar-refractivity contribution >= 4 is 27.3 Å². The summed E-state index contributed by atoms with van der Waals surface area (Å²) in [6.45, 7) is 2.30. The highest BCUT2D eigenvalue weighted by Gasteiger charge is 2.01. The van der Waals surface area contributed by atoms with Gasteiger partial charge in [-0.15, -0.1) is 11.3 Å². The van der Waals surface area contributed by atoms with E-state index in [0.717, 1.165) is 10.9 Å². The van der Waals surface area contributed by atoms with Crippen molar-refractivity contribution < 1.29 is 5.11 Å². The Morgan fingerprint density at radius 2 is 2.40 bits per heavy atom. The Kier molecular flexibility index (Phi) is 2.89. The Balaban J connectivity index is 2.81. The second kappa shape index (κ2) is 3.51. The lowest BCUT2D eigenvalue weighted by molar-refractivity contribution is 0.300. The molecule has 0 fully saturated rings. The normalized spacial score (nSPS) is 10.3. The summed E-state index contributed by atoms with van der Waals surface area (Å²) in [6, 6.07) is 2.08. The van der Waals surface area contributed by atoms with E-state index in [-0.39, 0.29) is 6.61 Å². The van der Waals surface area contributed by atoms with Crippen LogP contribution in [0.4, 0.5) is 0 Å². The zero-order chi connectivity index (χ0) is 7.56. The standard InChI is InChI=1S/C7H9BrOS/c1-5-4-6(8)7(10-5)2-3-9/h4,9H,2-3H2,1H3. The molecule has 1 nitrogen and oxygen atoms in total. The number of hydrogen-bond acceptors (Lipinski definition) is 2. The van der Waals surface area contributed by atoms with E-state index < -0.39 is 0 Å². The summed E-state index contributed by atoms with van der Waals surface area (Å²) < 4.78 is 1.13. The monoisotopic (exact) mass is 220 g/mol. The van der Waals surface area contributed by atoms with Crippen molar-refractivity contribution in [3.63, 3.8) is 0 Å². The molecule has 1 aromatic heterocycles. The van der Waals surface area contributed by atoms with Gasteiger partial charge in [0.1, 0.15) is 0 Å². The third kappa shape index (κ3) is 1.81. The van der Waals surface area contributed by atoms with Crippen LogP contribution < -0.4 is 0 Å². The van der Waals surface area contributed by atoms with Gasteiger partial charge in [0, 0.05) is 27.3 Å². The molecular formula is C7H9BrOS. The summed E-state index contributed by atoms with van der Waals surface area (Å²) >= 11 is 5.15. The molecule has 0 unspecified atom stereocenters. The Labute approximate surface area is 72.8 Å². The lowest BCUT2D eigenvalue weighted by Gasteiger charge is -1.90. The first-order chi connectivity index (χ1) is 4.74. The smallest absolute Gasteiger partial charge is 0.0479 e. The van der Waals surface area contributed by atoms with E-state index in [0.29, 0.717) is 0 Å². The fourth-order valence-electron chi connectivity index (χ4n) is 0.803. The first-order valence-corrected chi connectivity index (χ1v) is 4.70. The van der Waals surface area contributed by atoms with Gasteiger partial charge in [0.25, 0.3) is 0 Å². The summed E-state index contributed by atoms with van der Waals surface area (Å²) in [5.41, 5.74) is 0. The molecule has 1 rings (SSSR count). The topological polar surface area (TPSA) is 20.2 Å². The van der Waals surface area contributed by atoms with E-state index in [9.17, 15) is 0 Å². The van der Waals surface area contributed by atoms with E-state index in [1.807, 2.05) is 0 Å². The van der Waals surface area contributed by atoms with Gasteiger partial charge in [-0.3, -0.25) is 0 Å². The third-order valence-corrected chi connectivity index (χ3v) is 3.30. The first-order valence-electron chi connectivity index (χ1n) is 3.09. The third-order valence-electron chi connectivity index (χ3n) is 1.22. The summed E-state index contributed by atoms with van der Waals surface area (Å²) in [5, 5.41) is 8.64. The molecule has 0 spiro atoms. The number of hydrogen-bond donors (Lipinski definition) is 1. The molecule has 1 aromatic rings. The van der Waals surface area contributed by atoms with Gasteiger partial charge >= 0.3 is 0 Å². The van der Waals surface area contributed by atoms with Crippen molar-refractivity contribution in [2.24, 2.45) is 0 Å². The number of aliphatic hydroxyl groups excluding tert-OH is 1. The summed E-state index contributed by atoms with van der Waals surface area (Å²) in [6.07, 6.45) is 0.763. The van der Waals surface area contributed by atoms with E-state index in [4.69, 9.17) is 5.11 Å². The van der Waals surface area contributed by atoms with Crippen LogP contribution >= 0.6 is 27.3 Å². The Morgan fingerprint density at radius 1 is 1.70 bits per heavy atom. The summed E-state index contributed by atoms with van der Waals surface area (Å²) in [4.78, 5) is 2.52. The molecule has 0 saturated carbocycles. The fraction of sp³-hybridized carbons (Fsp3) is 0.429. The molecule has 0 amide bonds. The van der Waals surface area contributed by atoms with Crippen molar-refractivity contribution in [1.82, 2.24) is 0 Å². The molecule has 0 atom stereocenters. The molecule has 0 aliphatic heterocycles. The van der Waals surface area contributed by atoms with Crippen LogP contribution in [0, 0.1) is 6.92 Å². The second-order valence-electron chi connectivity index (χ2n) is 2.10. The highest BCUT2D eigenvalue weighted by atomic mass is 79.9. The van der Waals surface area contributed by atoms with E-state index in [2.05, 4.69) is 28.9 Å². The quantitative estimate of drug-likeness (QED) is 0.812. The van der Waals surface area contributed by atoms with E-state index >= 15 is 0 Å². The van der Waals surface area contributed by atoms with Gasteiger partial charge in [-0.25, -0.2) is 0 Å². The molecule has 0 bridgehead atoms. The molecule has 56 valence electrons. The maximum Gasteiger partial charge on any atom is 0.0479 e. The lowest BCUT2D eigenvalue weighted by Crippen LogP contribution is -1.85. The van der Waals surface area contributed by atoms with Crippen LogP contribution in [0.3, 0.4) is 0 Å². The predicted molar refractivity (Wildman–Crippen MR) is 47.5 cm³/mol. The zero-order valence-electron chi connectivity index (χ0n) is 5.72. The van der Waals surface area contributed by atoms with Crippen molar-refractivity contribution in [3.05, 3.63) is 20.3 Å². The number of halogens is 1. The minimum Gasteiger partial charge on any atom is -0.396 e. The molecule has 10 heavy (non-hydrogen) atoms. The van der Waals surface area contributed by atoms with Crippen molar-refractivity contribution in [3.8, 4) is 0 Å². The van der Waals surface area contributed by atoms with Crippen LogP contribution in [0.15, 0.2) is 10.5 Å². The van der Waals surface area contributed by atoms with Gasteiger partial charge in [0.15, 0.2) is 0 Å². The molecular weight excluding hydrogens is 212 g/mol. The Bertz CT molecular complexity index is 219. The van der Waals surface area contributed by atoms with Crippen molar-refractivity contribution in [1.29, 1.82) is 0 Å². The average molecular weight is 221 g/mol. The largest absolute Gasteiger partial charge is 0.396 e. The molecule has 1 heterocycles. The minimum absolute atomic E-state index is 0.235. The van der Waals surface area contributed by atoms with Crippen LogP contribution in [0.1, 0.15) is 9.75 Å². The van der Waals surface area contributed by atoms with Crippen LogP contribution in [0.2, 0.25) is 0 Å². The van der Waals surface area contributed by atoms with Gasteiger partial charge in [-0.05, 0) is 28.9 Å². The van der Waals surface area contributed by atoms with Crippen molar-refractivity contribution in [2.75, 3.05) is 6.61 Å². The zero-order valence-corrected chi connectivity index (χ0v) is 8.13. The molecule has 0 aromatic carbocycles. The molecule has 0 aliphatic rings. The first kappa shape index (κ1) is 8.24. The minimum atomic E-state index is 0.235. The number of rotatable bonds is 2. The summed E-state index contributed by atoms with van der Waals surface area (Å²) in [5.74, 6) is 0. The van der Waals surface area contributed by atoms with Crippen LogP contribution in [0.5, 0.6) is 0 Å². The SMILES string of the molecule is Cc1cc(Br)c(CCO)s1. The molecule has 0 radical (unpaired) electrons. The average Bonchev–Trinajstić information content (AvgIpc) is 2.13. The van der Waals surface area contributed by atoms with Gasteiger partial charge in [0.05, 0.1) is 0 Å². The number of thiophene rings is 1. The van der Waals surface area contributed by atoms with Gasteiger partial charge in [-0.1, -0.05) is 0 Å². The maximum absolute atomic E-state index is 8.64. The Hall–Kier alpha value is 0.140. The highest BCUT2D eigenvalue weighted by Crippen LogP contribution is 2.26. The van der Waals surface area contributed by atoms with Crippen LogP contribution in [-0.2, 0) is 6.42 Å². The van der Waals surface area contributed by atoms with Crippen LogP contribution in [-0.4, -0.2) is 11.7 Å². The fourth-order valence-corrected chi connectivity index (χ4v) is 2.65. The van der Waals surface area contributed by atoms with Crippen LogP contribution in [0.25, 0.3) is 0 Å². The molecule has 1 N–H and O–H groups in total. The van der Waals surface area contributed by atoms with Gasteiger partial charge < -0.3 is 5.11 Å². The van der Waals surface area contributed by atoms with Crippen molar-refractivity contribution in [2.45, 2.75) is 13.3 Å². The highest BCUT2D eigenvalue weighted by molar-refractivity contribution is 9.10. The van der Waals surface area contributed by atoms with Gasteiger partial charge in [0.2, 0.25) is 0 Å². The predicted octanol–water partition coefficient (Wildman–Crippen LogP) is 2.35. The maximum atomic E-state index is 8.64. The summed E-state index contributed by atoms with van der Waals surface area (Å²) in [7, 11) is 0. The molecule has 3 heteroatoms. The molecule has 0 aliphatic carbocycles. The van der Waals surface area contributed by atoms with E-state index in [1.165, 1.54) is 9.75 Å². The number of aliphatic hydroxyl groups is 1.